The minimum absolute atomic E-state index is 0.198. The molecule has 1 aliphatic heterocycles. The number of nitrogens with two attached hydrogens (primary N) is 1. The number of aliphatic hydroxyl groups excluding tert-OH is 1. The van der Waals surface area contributed by atoms with Crippen molar-refractivity contribution in [2.75, 3.05) is 26.7 Å². The largest absolute Gasteiger partial charge is 0.481 e. The van der Waals surface area contributed by atoms with E-state index in [9.17, 15) is 5.11 Å². The highest BCUT2D eigenvalue weighted by molar-refractivity contribution is 7.12. The molecule has 4 aromatic rings. The second kappa shape index (κ2) is 9.18. The number of halogens is 1. The lowest BCUT2D eigenvalue weighted by Crippen LogP contribution is -2.46. The van der Waals surface area contributed by atoms with Gasteiger partial charge in [-0.3, -0.25) is 9.88 Å². The summed E-state index contributed by atoms with van der Waals surface area (Å²) in [5.41, 5.74) is 9.76. The van der Waals surface area contributed by atoms with Crippen LogP contribution in [0, 0.1) is 5.92 Å². The summed E-state index contributed by atoms with van der Waals surface area (Å²) < 4.78 is 24.3. The predicted molar refractivity (Wildman–Crippen MR) is 123 cm³/mol. The molecular weight excluding hydrogens is 445 g/mol. The molecule has 0 radical (unpaired) electrons. The molecular formula is C22H24FN7O2S. The van der Waals surface area contributed by atoms with Crippen LogP contribution < -0.4 is 10.5 Å². The number of hydrogen-bond donors (Lipinski definition) is 2. The van der Waals surface area contributed by atoms with Crippen molar-refractivity contribution in [3.05, 3.63) is 47.8 Å². The first kappa shape index (κ1) is 22.0. The summed E-state index contributed by atoms with van der Waals surface area (Å²) in [4.78, 5) is 15.7. The Balaban J connectivity index is 1.27. The zero-order chi connectivity index (χ0) is 22.9. The summed E-state index contributed by atoms with van der Waals surface area (Å²) in [6, 6.07) is 6.63. The van der Waals surface area contributed by atoms with E-state index >= 15 is 4.39 Å². The minimum atomic E-state index is -1.13. The number of rotatable bonds is 6. The van der Waals surface area contributed by atoms with Gasteiger partial charge in [0.05, 0.1) is 24.2 Å². The fraction of sp³-hybridized carbons (Fsp3) is 0.409. The standard InChI is InChI=1S/C22H24FN7O2S/c1-32-19-3-2-16-21(27-19)14(4-6-25-16)18(31)11-30-7-5-13(15(23)10-30)20(24)12-8-17-22(26-9-12)33-29-28-17/h2-4,6,8-9,13,15,18,20,31H,5,7,10-11,24H2,1H3/t13?,15?,18-,20?/m0/s1. The van der Waals surface area contributed by atoms with Crippen molar-refractivity contribution in [3.8, 4) is 5.88 Å². The normalized spacial score (nSPS) is 21.3. The second-order valence-electron chi connectivity index (χ2n) is 8.26. The average Bonchev–Trinajstić information content (AvgIpc) is 3.31. The molecule has 1 saturated heterocycles. The van der Waals surface area contributed by atoms with E-state index in [4.69, 9.17) is 10.5 Å². The molecule has 5 rings (SSSR count). The van der Waals surface area contributed by atoms with E-state index in [0.29, 0.717) is 47.5 Å². The van der Waals surface area contributed by atoms with Gasteiger partial charge in [-0.25, -0.2) is 14.4 Å². The monoisotopic (exact) mass is 469 g/mol. The number of nitrogens with zero attached hydrogens (tertiary/aromatic N) is 6. The molecule has 0 aliphatic carbocycles. The van der Waals surface area contributed by atoms with Crippen LogP contribution in [-0.4, -0.2) is 67.5 Å². The predicted octanol–water partition coefficient (Wildman–Crippen LogP) is 2.43. The third kappa shape index (κ3) is 4.36. The lowest BCUT2D eigenvalue weighted by molar-refractivity contribution is 0.0378. The van der Waals surface area contributed by atoms with Gasteiger partial charge in [0.1, 0.15) is 11.7 Å². The Morgan fingerprint density at radius 3 is 3.00 bits per heavy atom. The first-order valence-electron chi connectivity index (χ1n) is 10.7. The molecule has 0 aromatic carbocycles. The van der Waals surface area contributed by atoms with Crippen molar-refractivity contribution in [3.63, 3.8) is 0 Å². The minimum Gasteiger partial charge on any atom is -0.481 e. The third-order valence-electron chi connectivity index (χ3n) is 6.24. The van der Waals surface area contributed by atoms with E-state index in [1.54, 1.807) is 37.7 Å². The van der Waals surface area contributed by atoms with Crippen molar-refractivity contribution in [1.29, 1.82) is 0 Å². The number of likely N-dealkylation sites (tertiary alicyclic amines) is 1. The number of alkyl halides is 1. The average molecular weight is 470 g/mol. The van der Waals surface area contributed by atoms with Crippen molar-refractivity contribution < 1.29 is 14.2 Å². The summed E-state index contributed by atoms with van der Waals surface area (Å²) in [5.74, 6) is 0.112. The van der Waals surface area contributed by atoms with Gasteiger partial charge in [0.2, 0.25) is 5.88 Å². The van der Waals surface area contributed by atoms with E-state index in [0.717, 1.165) is 10.4 Å². The summed E-state index contributed by atoms with van der Waals surface area (Å²) in [5, 5.41) is 15.0. The maximum Gasteiger partial charge on any atom is 0.213 e. The zero-order valence-electron chi connectivity index (χ0n) is 18.0. The Morgan fingerprint density at radius 2 is 2.18 bits per heavy atom. The number of fused-ring (bicyclic) bond motifs is 2. The number of hydrogen-bond acceptors (Lipinski definition) is 10. The van der Waals surface area contributed by atoms with Crippen LogP contribution in [0.4, 0.5) is 4.39 Å². The molecule has 0 amide bonds. The fourth-order valence-electron chi connectivity index (χ4n) is 4.44. The van der Waals surface area contributed by atoms with E-state index < -0.39 is 18.3 Å². The van der Waals surface area contributed by atoms with Gasteiger partial charge in [0.15, 0.2) is 4.83 Å². The highest BCUT2D eigenvalue weighted by Gasteiger charge is 2.35. The number of pyridine rings is 3. The van der Waals surface area contributed by atoms with Crippen molar-refractivity contribution in [2.45, 2.75) is 24.7 Å². The Bertz CT molecular complexity index is 1270. The molecule has 4 aromatic heterocycles. The van der Waals surface area contributed by atoms with Gasteiger partial charge < -0.3 is 15.6 Å². The van der Waals surface area contributed by atoms with Crippen LogP contribution in [0.25, 0.3) is 21.4 Å². The molecule has 0 saturated carbocycles. The molecule has 172 valence electrons. The number of aromatic nitrogens is 5. The highest BCUT2D eigenvalue weighted by atomic mass is 32.1. The van der Waals surface area contributed by atoms with Gasteiger partial charge in [0, 0.05) is 60.6 Å². The van der Waals surface area contributed by atoms with Crippen molar-refractivity contribution in [2.24, 2.45) is 11.7 Å². The molecule has 0 spiro atoms. The highest BCUT2D eigenvalue weighted by Crippen LogP contribution is 2.33. The van der Waals surface area contributed by atoms with E-state index in [2.05, 4.69) is 24.5 Å². The molecule has 9 nitrogen and oxygen atoms in total. The third-order valence-corrected chi connectivity index (χ3v) is 6.89. The lowest BCUT2D eigenvalue weighted by Gasteiger charge is -2.38. The molecule has 1 aliphatic rings. The van der Waals surface area contributed by atoms with Gasteiger partial charge in [0.25, 0.3) is 0 Å². The van der Waals surface area contributed by atoms with Crippen LogP contribution in [0.5, 0.6) is 5.88 Å². The summed E-state index contributed by atoms with van der Waals surface area (Å²) in [7, 11) is 1.54. The Hall–Kier alpha value is -2.86. The van der Waals surface area contributed by atoms with Crippen LogP contribution in [0.3, 0.4) is 0 Å². The molecule has 33 heavy (non-hydrogen) atoms. The SMILES string of the molecule is COc1ccc2nccc([C@@H](O)CN3CCC(C(N)c4cnc5snnc5c4)C(F)C3)c2n1. The van der Waals surface area contributed by atoms with Gasteiger partial charge in [-0.2, -0.15) is 0 Å². The maximum absolute atomic E-state index is 15.2. The Kier molecular flexibility index (Phi) is 6.11. The number of ether oxygens (including phenoxy) is 1. The van der Waals surface area contributed by atoms with E-state index in [1.165, 1.54) is 11.5 Å². The van der Waals surface area contributed by atoms with Gasteiger partial charge in [-0.15, -0.1) is 5.10 Å². The van der Waals surface area contributed by atoms with Crippen LogP contribution in [0.2, 0.25) is 0 Å². The van der Waals surface area contributed by atoms with E-state index in [-0.39, 0.29) is 12.5 Å². The number of β-amino-alcohol motifs (C(OH)–C–C–N with tert-alkyl or cyclic N) is 1. The maximum atomic E-state index is 15.2. The van der Waals surface area contributed by atoms with Gasteiger partial charge in [-0.05, 0) is 36.7 Å². The van der Waals surface area contributed by atoms with Crippen LogP contribution >= 0.6 is 11.5 Å². The van der Waals surface area contributed by atoms with Crippen LogP contribution in [0.15, 0.2) is 36.7 Å². The molecule has 5 heterocycles. The smallest absolute Gasteiger partial charge is 0.213 e. The molecule has 4 atom stereocenters. The van der Waals surface area contributed by atoms with Gasteiger partial charge >= 0.3 is 0 Å². The van der Waals surface area contributed by atoms with Crippen LogP contribution in [0.1, 0.15) is 29.7 Å². The topological polar surface area (TPSA) is 123 Å². The first-order valence-corrected chi connectivity index (χ1v) is 11.5. The lowest BCUT2D eigenvalue weighted by atomic mass is 9.85. The van der Waals surface area contributed by atoms with Crippen molar-refractivity contribution >= 4 is 32.9 Å². The molecule has 3 N–H and O–H groups in total. The summed E-state index contributed by atoms with van der Waals surface area (Å²) in [6.45, 7) is 1.12. The zero-order valence-corrected chi connectivity index (χ0v) is 18.8. The quantitative estimate of drug-likeness (QED) is 0.438. The van der Waals surface area contributed by atoms with Crippen LogP contribution in [-0.2, 0) is 0 Å². The summed E-state index contributed by atoms with van der Waals surface area (Å²) >= 11 is 1.22. The Labute approximate surface area is 193 Å². The Morgan fingerprint density at radius 1 is 1.30 bits per heavy atom. The molecule has 3 unspecified atom stereocenters. The summed E-state index contributed by atoms with van der Waals surface area (Å²) in [6.07, 6.45) is 1.94. The van der Waals surface area contributed by atoms with Gasteiger partial charge in [-0.1, -0.05) is 4.49 Å². The number of piperidine rings is 1. The number of aliphatic hydroxyl groups is 1. The van der Waals surface area contributed by atoms with E-state index in [1.807, 2.05) is 11.0 Å². The molecule has 1 fully saturated rings. The second-order valence-corrected chi connectivity index (χ2v) is 8.99. The molecule has 11 heteroatoms. The molecule has 0 bridgehead atoms. The fourth-order valence-corrected chi connectivity index (χ4v) is 4.94. The first-order chi connectivity index (χ1) is 16.0. The van der Waals surface area contributed by atoms with Crippen molar-refractivity contribution in [1.82, 2.24) is 29.4 Å². The number of methoxy groups -OCH3 is 1.